The van der Waals surface area contributed by atoms with Gasteiger partial charge in [-0.25, -0.2) is 8.42 Å². The number of rotatable bonds is 5. The molecular formula is C18H15ClN2O3S2. The quantitative estimate of drug-likeness (QED) is 0.679. The van der Waals surface area contributed by atoms with E-state index in [0.29, 0.717) is 20.6 Å². The van der Waals surface area contributed by atoms with Crippen LogP contribution in [0.5, 0.6) is 0 Å². The zero-order chi connectivity index (χ0) is 18.7. The molecule has 0 aliphatic rings. The Bertz CT molecular complexity index is 1030. The van der Waals surface area contributed by atoms with Crippen LogP contribution in [0.2, 0.25) is 4.34 Å². The van der Waals surface area contributed by atoms with E-state index in [9.17, 15) is 13.2 Å². The lowest BCUT2D eigenvalue weighted by Crippen LogP contribution is -2.26. The highest BCUT2D eigenvalue weighted by Gasteiger charge is 2.21. The first-order chi connectivity index (χ1) is 12.4. The number of hydrogen-bond donors (Lipinski definition) is 1. The van der Waals surface area contributed by atoms with Crippen molar-refractivity contribution < 1.29 is 13.2 Å². The predicted octanol–water partition coefficient (Wildman–Crippen LogP) is 4.48. The fraction of sp³-hybridized carbons (Fsp3) is 0.0556. The maximum Gasteiger partial charge on any atom is 0.265 e. The van der Waals surface area contributed by atoms with Gasteiger partial charge in [0.1, 0.15) is 0 Å². The predicted molar refractivity (Wildman–Crippen MR) is 106 cm³/mol. The number of sulfonamides is 1. The Hall–Kier alpha value is -2.35. The van der Waals surface area contributed by atoms with Crippen LogP contribution in [-0.2, 0) is 10.0 Å². The van der Waals surface area contributed by atoms with Crippen molar-refractivity contribution in [2.24, 2.45) is 0 Å². The van der Waals surface area contributed by atoms with Crippen molar-refractivity contribution in [3.63, 3.8) is 0 Å². The van der Waals surface area contributed by atoms with E-state index in [1.54, 1.807) is 48.5 Å². The van der Waals surface area contributed by atoms with Crippen LogP contribution in [0.15, 0.2) is 71.6 Å². The molecule has 3 rings (SSSR count). The summed E-state index contributed by atoms with van der Waals surface area (Å²) in [4.78, 5) is 12.8. The fourth-order valence-corrected chi connectivity index (χ4v) is 4.48. The maximum atomic E-state index is 12.8. The Labute approximate surface area is 160 Å². The molecule has 0 aliphatic carbocycles. The molecule has 0 spiro atoms. The second-order valence-electron chi connectivity index (χ2n) is 5.39. The molecule has 5 nitrogen and oxygen atoms in total. The first-order valence-electron chi connectivity index (χ1n) is 7.58. The molecular weight excluding hydrogens is 392 g/mol. The van der Waals surface area contributed by atoms with Crippen LogP contribution in [0.1, 0.15) is 9.67 Å². The zero-order valence-corrected chi connectivity index (χ0v) is 16.1. The van der Waals surface area contributed by atoms with Crippen molar-refractivity contribution >= 4 is 50.2 Å². The minimum atomic E-state index is -3.75. The molecule has 1 N–H and O–H groups in total. The van der Waals surface area contributed by atoms with Gasteiger partial charge < -0.3 is 5.32 Å². The molecule has 8 heteroatoms. The average Bonchev–Trinajstić information content (AvgIpc) is 3.08. The average molecular weight is 407 g/mol. The van der Waals surface area contributed by atoms with Gasteiger partial charge in [0.25, 0.3) is 15.9 Å². The summed E-state index contributed by atoms with van der Waals surface area (Å²) in [5, 5.41) is 2.69. The highest BCUT2D eigenvalue weighted by atomic mass is 35.5. The summed E-state index contributed by atoms with van der Waals surface area (Å²) in [6.07, 6.45) is 0. The van der Waals surface area contributed by atoms with Crippen molar-refractivity contribution in [2.45, 2.75) is 4.90 Å². The molecule has 2 aromatic carbocycles. The third-order valence-electron chi connectivity index (χ3n) is 3.67. The topological polar surface area (TPSA) is 66.5 Å². The SMILES string of the molecule is CN(c1ccccc1)S(=O)(=O)c1cccc(NC(=O)c2ccc(Cl)s2)c1. The Kier molecular flexibility index (Phi) is 5.31. The number of amides is 1. The van der Waals surface area contributed by atoms with Gasteiger partial charge in [0.05, 0.1) is 19.8 Å². The molecule has 0 saturated heterocycles. The molecule has 0 saturated carbocycles. The second-order valence-corrected chi connectivity index (χ2v) is 9.08. The number of carbonyl (C=O) groups excluding carboxylic acids is 1. The van der Waals surface area contributed by atoms with Gasteiger partial charge in [0.2, 0.25) is 0 Å². The van der Waals surface area contributed by atoms with Gasteiger partial charge in [-0.1, -0.05) is 35.9 Å². The minimum absolute atomic E-state index is 0.0888. The molecule has 0 atom stereocenters. The first kappa shape index (κ1) is 18.4. The van der Waals surface area contributed by atoms with E-state index < -0.39 is 10.0 Å². The van der Waals surface area contributed by atoms with Crippen LogP contribution in [0.4, 0.5) is 11.4 Å². The Morgan fingerprint density at radius 1 is 1.04 bits per heavy atom. The number of carbonyl (C=O) groups is 1. The molecule has 1 amide bonds. The normalized spacial score (nSPS) is 11.2. The number of anilines is 2. The number of halogens is 1. The van der Waals surface area contributed by atoms with Crippen LogP contribution in [0.25, 0.3) is 0 Å². The van der Waals surface area contributed by atoms with Gasteiger partial charge in [0, 0.05) is 12.7 Å². The van der Waals surface area contributed by atoms with E-state index in [2.05, 4.69) is 5.32 Å². The Morgan fingerprint density at radius 2 is 1.77 bits per heavy atom. The molecule has 0 fully saturated rings. The van der Waals surface area contributed by atoms with Crippen LogP contribution in [-0.4, -0.2) is 21.4 Å². The molecule has 0 aliphatic heterocycles. The van der Waals surface area contributed by atoms with Gasteiger partial charge in [-0.2, -0.15) is 0 Å². The molecule has 0 bridgehead atoms. The summed E-state index contributed by atoms with van der Waals surface area (Å²) in [5.41, 5.74) is 0.942. The van der Waals surface area contributed by atoms with Gasteiger partial charge in [-0.05, 0) is 42.5 Å². The van der Waals surface area contributed by atoms with E-state index >= 15 is 0 Å². The molecule has 134 valence electrons. The highest BCUT2D eigenvalue weighted by Crippen LogP contribution is 2.25. The van der Waals surface area contributed by atoms with E-state index in [1.807, 2.05) is 6.07 Å². The maximum absolute atomic E-state index is 12.8. The van der Waals surface area contributed by atoms with Gasteiger partial charge in [0.15, 0.2) is 0 Å². The third kappa shape index (κ3) is 3.90. The highest BCUT2D eigenvalue weighted by molar-refractivity contribution is 7.92. The van der Waals surface area contributed by atoms with E-state index in [-0.39, 0.29) is 10.8 Å². The van der Waals surface area contributed by atoms with E-state index in [1.165, 1.54) is 23.5 Å². The number of thiophene rings is 1. The fourth-order valence-electron chi connectivity index (χ4n) is 2.30. The largest absolute Gasteiger partial charge is 0.321 e. The molecule has 1 heterocycles. The smallest absolute Gasteiger partial charge is 0.265 e. The van der Waals surface area contributed by atoms with Gasteiger partial charge >= 0.3 is 0 Å². The Balaban J connectivity index is 1.85. The van der Waals surface area contributed by atoms with E-state index in [4.69, 9.17) is 11.6 Å². The van der Waals surface area contributed by atoms with Gasteiger partial charge in [-0.15, -0.1) is 11.3 Å². The number of para-hydroxylation sites is 1. The summed E-state index contributed by atoms with van der Waals surface area (Å²) in [6.45, 7) is 0. The lowest BCUT2D eigenvalue weighted by atomic mass is 10.3. The van der Waals surface area contributed by atoms with Crippen LogP contribution in [0.3, 0.4) is 0 Å². The minimum Gasteiger partial charge on any atom is -0.321 e. The summed E-state index contributed by atoms with van der Waals surface area (Å²) in [7, 11) is -2.26. The summed E-state index contributed by atoms with van der Waals surface area (Å²) < 4.78 is 27.4. The molecule has 1 aromatic heterocycles. The second kappa shape index (κ2) is 7.49. The van der Waals surface area contributed by atoms with Crippen LogP contribution < -0.4 is 9.62 Å². The lowest BCUT2D eigenvalue weighted by molar-refractivity contribution is 0.103. The van der Waals surface area contributed by atoms with Crippen molar-refractivity contribution in [1.29, 1.82) is 0 Å². The van der Waals surface area contributed by atoms with Crippen LogP contribution in [0, 0.1) is 0 Å². The van der Waals surface area contributed by atoms with Crippen LogP contribution >= 0.6 is 22.9 Å². The summed E-state index contributed by atoms with van der Waals surface area (Å²) >= 11 is 6.99. The van der Waals surface area contributed by atoms with E-state index in [0.717, 1.165) is 11.3 Å². The lowest BCUT2D eigenvalue weighted by Gasteiger charge is -2.19. The molecule has 0 unspecified atom stereocenters. The van der Waals surface area contributed by atoms with Crippen molar-refractivity contribution in [3.05, 3.63) is 75.9 Å². The number of benzene rings is 2. The number of nitrogens with zero attached hydrogens (tertiary/aromatic N) is 1. The molecule has 3 aromatic rings. The third-order valence-corrected chi connectivity index (χ3v) is 6.68. The first-order valence-corrected chi connectivity index (χ1v) is 10.2. The van der Waals surface area contributed by atoms with Crippen molar-refractivity contribution in [2.75, 3.05) is 16.7 Å². The summed E-state index contributed by atoms with van der Waals surface area (Å²) in [6, 6.07) is 18.2. The van der Waals surface area contributed by atoms with Crippen molar-refractivity contribution in [3.8, 4) is 0 Å². The van der Waals surface area contributed by atoms with Crippen molar-refractivity contribution in [1.82, 2.24) is 0 Å². The monoisotopic (exact) mass is 406 g/mol. The standard InChI is InChI=1S/C18H15ClN2O3S2/c1-21(14-7-3-2-4-8-14)26(23,24)15-9-5-6-13(12-15)20-18(22)16-10-11-17(19)25-16/h2-12H,1H3,(H,20,22). The Morgan fingerprint density at radius 3 is 2.42 bits per heavy atom. The zero-order valence-electron chi connectivity index (χ0n) is 13.7. The molecule has 0 radical (unpaired) electrons. The number of hydrogen-bond acceptors (Lipinski definition) is 4. The van der Waals surface area contributed by atoms with Gasteiger partial charge in [-0.3, -0.25) is 9.10 Å². The number of nitrogens with one attached hydrogen (secondary N) is 1. The summed E-state index contributed by atoms with van der Waals surface area (Å²) in [5.74, 6) is -0.340. The molecule has 26 heavy (non-hydrogen) atoms.